The highest BCUT2D eigenvalue weighted by Crippen LogP contribution is 2.25. The summed E-state index contributed by atoms with van der Waals surface area (Å²) >= 11 is 6.11. The SMILES string of the molecule is O=C1CCc2cc(/C=C/C(=O)N3CC=C(c4cccc(Cl)c4)CCC3)c[nH+]c2N1. The maximum atomic E-state index is 12.7. The Morgan fingerprint density at radius 2 is 2.10 bits per heavy atom. The Kier molecular flexibility index (Phi) is 5.76. The van der Waals surface area contributed by atoms with Crippen LogP contribution in [0.3, 0.4) is 0 Å². The predicted molar refractivity (Wildman–Crippen MR) is 114 cm³/mol. The Morgan fingerprint density at radius 1 is 1.21 bits per heavy atom. The Hall–Kier alpha value is -2.92. The fraction of sp³-hybridized carbons (Fsp3) is 0.261. The summed E-state index contributed by atoms with van der Waals surface area (Å²) in [5.41, 5.74) is 4.33. The first kappa shape index (κ1) is 19.4. The molecular formula is C23H23ClN3O2+. The van der Waals surface area contributed by atoms with Gasteiger partial charge in [-0.25, -0.2) is 15.1 Å². The van der Waals surface area contributed by atoms with E-state index in [1.807, 2.05) is 35.2 Å². The van der Waals surface area contributed by atoms with Gasteiger partial charge in [-0.3, -0.25) is 4.79 Å². The van der Waals surface area contributed by atoms with Crippen molar-refractivity contribution in [3.63, 3.8) is 0 Å². The minimum Gasteiger partial charge on any atom is -0.335 e. The molecule has 4 rings (SSSR count). The standard InChI is InChI=1S/C23H22ClN3O2/c24-20-5-1-3-18(14-20)17-4-2-11-27(12-10-17)22(29)9-6-16-13-19-7-8-21(28)26-23(19)25-15-16/h1,3,5-6,9-10,13-15H,2,4,7-8,11-12H2,(H,25,26,28)/p+1/b9-6+. The molecule has 0 spiro atoms. The number of aromatic nitrogens is 1. The van der Waals surface area contributed by atoms with Gasteiger partial charge < -0.3 is 4.90 Å². The van der Waals surface area contributed by atoms with Gasteiger partial charge >= 0.3 is 5.91 Å². The molecule has 0 radical (unpaired) electrons. The lowest BCUT2D eigenvalue weighted by Gasteiger charge is -2.17. The van der Waals surface area contributed by atoms with E-state index in [0.717, 1.165) is 46.9 Å². The number of nitrogens with zero attached hydrogens (tertiary/aromatic N) is 1. The number of hydrogen-bond donors (Lipinski definition) is 1. The smallest absolute Gasteiger partial charge is 0.307 e. The van der Waals surface area contributed by atoms with Crippen molar-refractivity contribution in [3.8, 4) is 0 Å². The van der Waals surface area contributed by atoms with E-state index in [-0.39, 0.29) is 11.8 Å². The van der Waals surface area contributed by atoms with Gasteiger partial charge in [0.1, 0.15) is 0 Å². The van der Waals surface area contributed by atoms with Crippen molar-refractivity contribution in [1.29, 1.82) is 0 Å². The summed E-state index contributed by atoms with van der Waals surface area (Å²) < 4.78 is 0. The number of hydrogen-bond acceptors (Lipinski definition) is 2. The molecule has 0 saturated carbocycles. The molecule has 0 fully saturated rings. The van der Waals surface area contributed by atoms with Crippen molar-refractivity contribution in [3.05, 3.63) is 70.4 Å². The molecule has 6 heteroatoms. The van der Waals surface area contributed by atoms with Crippen LogP contribution in [0, 0.1) is 0 Å². The van der Waals surface area contributed by atoms with Crippen LogP contribution in [-0.2, 0) is 16.0 Å². The second-order valence-electron chi connectivity index (χ2n) is 7.34. The van der Waals surface area contributed by atoms with Crippen LogP contribution in [0.15, 0.2) is 48.7 Å². The zero-order valence-corrected chi connectivity index (χ0v) is 16.8. The second kappa shape index (κ2) is 8.62. The summed E-state index contributed by atoms with van der Waals surface area (Å²) in [6.45, 7) is 1.32. The number of nitrogens with one attached hydrogen (secondary N) is 2. The van der Waals surface area contributed by atoms with Gasteiger partial charge in [-0.15, -0.1) is 0 Å². The van der Waals surface area contributed by atoms with E-state index in [1.165, 1.54) is 5.57 Å². The Morgan fingerprint density at radius 3 is 2.97 bits per heavy atom. The molecule has 2 N–H and O–H groups in total. The summed E-state index contributed by atoms with van der Waals surface area (Å²) in [6.07, 6.45) is 10.4. The van der Waals surface area contributed by atoms with Gasteiger partial charge in [-0.1, -0.05) is 29.8 Å². The first-order valence-corrected chi connectivity index (χ1v) is 10.2. The normalized spacial score (nSPS) is 16.8. The van der Waals surface area contributed by atoms with Gasteiger partial charge in [0.2, 0.25) is 5.91 Å². The summed E-state index contributed by atoms with van der Waals surface area (Å²) in [5, 5.41) is 3.55. The minimum absolute atomic E-state index is 0.000354. The number of rotatable bonds is 3. The molecule has 0 atom stereocenters. The van der Waals surface area contributed by atoms with Crippen LogP contribution >= 0.6 is 11.6 Å². The highest BCUT2D eigenvalue weighted by molar-refractivity contribution is 6.30. The maximum Gasteiger partial charge on any atom is 0.307 e. The molecule has 0 saturated heterocycles. The monoisotopic (exact) mass is 408 g/mol. The van der Waals surface area contributed by atoms with Crippen molar-refractivity contribution in [1.82, 2.24) is 4.90 Å². The van der Waals surface area contributed by atoms with E-state index in [0.29, 0.717) is 19.4 Å². The number of H-pyrrole nitrogens is 1. The number of aromatic amines is 1. The molecule has 0 bridgehead atoms. The van der Waals surface area contributed by atoms with Crippen LogP contribution in [-0.4, -0.2) is 29.8 Å². The summed E-state index contributed by atoms with van der Waals surface area (Å²) in [4.78, 5) is 29.1. The van der Waals surface area contributed by atoms with Gasteiger partial charge in [0, 0.05) is 35.3 Å². The van der Waals surface area contributed by atoms with E-state index in [9.17, 15) is 9.59 Å². The fourth-order valence-electron chi connectivity index (χ4n) is 3.72. The molecule has 0 aliphatic carbocycles. The lowest BCUT2D eigenvalue weighted by molar-refractivity contribution is -0.361. The Bertz CT molecular complexity index is 1010. The molecule has 1 aromatic carbocycles. The second-order valence-corrected chi connectivity index (χ2v) is 7.78. The van der Waals surface area contributed by atoms with Crippen LogP contribution in [0.2, 0.25) is 5.02 Å². The van der Waals surface area contributed by atoms with Crippen LogP contribution < -0.4 is 10.3 Å². The molecule has 1 aromatic heterocycles. The van der Waals surface area contributed by atoms with Gasteiger partial charge in [0.25, 0.3) is 5.82 Å². The third-order valence-corrected chi connectivity index (χ3v) is 5.52. The Labute approximate surface area is 175 Å². The predicted octanol–water partition coefficient (Wildman–Crippen LogP) is 3.76. The van der Waals surface area contributed by atoms with E-state index < -0.39 is 0 Å². The molecule has 2 aliphatic rings. The van der Waals surface area contributed by atoms with Crippen LogP contribution in [0.4, 0.5) is 5.82 Å². The van der Waals surface area contributed by atoms with Gasteiger partial charge in [-0.2, -0.15) is 0 Å². The average Bonchev–Trinajstić information content (AvgIpc) is 2.98. The van der Waals surface area contributed by atoms with Crippen LogP contribution in [0.25, 0.3) is 11.6 Å². The third-order valence-electron chi connectivity index (χ3n) is 5.29. The molecule has 2 aliphatic heterocycles. The van der Waals surface area contributed by atoms with E-state index in [2.05, 4.69) is 22.4 Å². The number of aryl methyl sites for hydroxylation is 1. The highest BCUT2D eigenvalue weighted by Gasteiger charge is 2.22. The molecule has 148 valence electrons. The number of benzene rings is 1. The molecule has 2 aromatic rings. The number of fused-ring (bicyclic) bond motifs is 1. The van der Waals surface area contributed by atoms with Crippen LogP contribution in [0.1, 0.15) is 36.0 Å². The molecule has 3 heterocycles. The third kappa shape index (κ3) is 4.74. The van der Waals surface area contributed by atoms with E-state index >= 15 is 0 Å². The molecule has 2 amide bonds. The number of allylic oxidation sites excluding steroid dienone is 1. The highest BCUT2D eigenvalue weighted by atomic mass is 35.5. The topological polar surface area (TPSA) is 63.6 Å². The largest absolute Gasteiger partial charge is 0.335 e. The van der Waals surface area contributed by atoms with E-state index in [1.54, 1.807) is 12.3 Å². The number of amides is 2. The summed E-state index contributed by atoms with van der Waals surface area (Å²) in [5.74, 6) is 0.772. The van der Waals surface area contributed by atoms with E-state index in [4.69, 9.17) is 11.6 Å². The quantitative estimate of drug-likeness (QED) is 0.786. The number of anilines is 1. The fourth-order valence-corrected chi connectivity index (χ4v) is 3.91. The maximum absolute atomic E-state index is 12.7. The molecule has 0 unspecified atom stereocenters. The van der Waals surface area contributed by atoms with Gasteiger partial charge in [0.15, 0.2) is 0 Å². The number of carbonyl (C=O) groups is 2. The first-order chi connectivity index (χ1) is 14.1. The number of halogens is 1. The minimum atomic E-state index is -0.000354. The average molecular weight is 409 g/mol. The summed E-state index contributed by atoms with van der Waals surface area (Å²) in [7, 11) is 0. The zero-order valence-electron chi connectivity index (χ0n) is 16.1. The van der Waals surface area contributed by atoms with Crippen molar-refractivity contribution >= 4 is 40.9 Å². The molecular weight excluding hydrogens is 386 g/mol. The lowest BCUT2D eigenvalue weighted by atomic mass is 10.0. The molecule has 5 nitrogen and oxygen atoms in total. The van der Waals surface area contributed by atoms with Gasteiger partial charge in [0.05, 0.1) is 12.6 Å². The molecule has 29 heavy (non-hydrogen) atoms. The Balaban J connectivity index is 1.43. The number of pyridine rings is 1. The van der Waals surface area contributed by atoms with Crippen molar-refractivity contribution in [2.75, 3.05) is 18.4 Å². The van der Waals surface area contributed by atoms with Crippen molar-refractivity contribution in [2.24, 2.45) is 0 Å². The first-order valence-electron chi connectivity index (χ1n) is 9.85. The summed E-state index contributed by atoms with van der Waals surface area (Å²) in [6, 6.07) is 9.86. The van der Waals surface area contributed by atoms with Crippen molar-refractivity contribution < 1.29 is 14.6 Å². The van der Waals surface area contributed by atoms with Crippen LogP contribution in [0.5, 0.6) is 0 Å². The zero-order chi connectivity index (χ0) is 20.2. The lowest BCUT2D eigenvalue weighted by Crippen LogP contribution is -2.29. The number of carbonyl (C=O) groups excluding carboxylic acids is 2. The van der Waals surface area contributed by atoms with Gasteiger partial charge in [-0.05, 0) is 54.7 Å². The van der Waals surface area contributed by atoms with Crippen molar-refractivity contribution in [2.45, 2.75) is 25.7 Å².